The Hall–Kier alpha value is 0.190. The summed E-state index contributed by atoms with van der Waals surface area (Å²) in [5.41, 5.74) is 0. The van der Waals surface area contributed by atoms with Gasteiger partial charge in [0.2, 0.25) is 0 Å². The minimum atomic E-state index is -0.194. The molecular formula is C25H53N3OS. The number of rotatable bonds is 21. The zero-order valence-electron chi connectivity index (χ0n) is 20.2. The van der Waals surface area contributed by atoms with Crippen molar-refractivity contribution < 1.29 is 5.11 Å². The van der Waals surface area contributed by atoms with E-state index in [1.165, 1.54) is 108 Å². The van der Waals surface area contributed by atoms with Gasteiger partial charge < -0.3 is 5.11 Å². The maximum absolute atomic E-state index is 10.2. The first-order chi connectivity index (χ1) is 14.7. The average Bonchev–Trinajstić information content (AvgIpc) is 2.74. The van der Waals surface area contributed by atoms with Gasteiger partial charge in [-0.1, -0.05) is 103 Å². The van der Waals surface area contributed by atoms with Gasteiger partial charge >= 0.3 is 0 Å². The number of unbranched alkanes of at least 4 members (excludes halogenated alkanes) is 15. The van der Waals surface area contributed by atoms with Gasteiger partial charge in [-0.2, -0.15) is 11.8 Å². The van der Waals surface area contributed by atoms with Crippen molar-refractivity contribution in [3.63, 3.8) is 0 Å². The highest BCUT2D eigenvalue weighted by Crippen LogP contribution is 2.15. The van der Waals surface area contributed by atoms with Crippen LogP contribution in [0, 0.1) is 0 Å². The third-order valence-electron chi connectivity index (χ3n) is 6.33. The maximum atomic E-state index is 10.2. The molecule has 0 aromatic carbocycles. The standard InChI is InChI=1S/C25H53N3OS/c1-2-3-4-5-6-7-8-9-10-11-12-13-14-15-16-17-22-30-24-25(29)23-27-18-20-28(26)21-19-27/h25,29H,2-24,26H2,1H3. The van der Waals surface area contributed by atoms with E-state index in [0.717, 1.165) is 38.5 Å². The van der Waals surface area contributed by atoms with E-state index in [1.807, 2.05) is 16.8 Å². The normalized spacial score (nSPS) is 16.9. The number of piperazine rings is 1. The Balaban J connectivity index is 1.71. The summed E-state index contributed by atoms with van der Waals surface area (Å²) in [6, 6.07) is 0. The largest absolute Gasteiger partial charge is 0.391 e. The molecule has 0 aromatic heterocycles. The number of thioether (sulfide) groups is 1. The van der Waals surface area contributed by atoms with Crippen LogP contribution in [-0.4, -0.2) is 65.3 Å². The lowest BCUT2D eigenvalue weighted by molar-refractivity contribution is 0.0829. The first-order valence-corrected chi connectivity index (χ1v) is 14.4. The van der Waals surface area contributed by atoms with E-state index in [-0.39, 0.29) is 6.10 Å². The molecule has 1 fully saturated rings. The van der Waals surface area contributed by atoms with Crippen molar-refractivity contribution in [2.24, 2.45) is 5.84 Å². The monoisotopic (exact) mass is 443 g/mol. The molecule has 0 spiro atoms. The quantitative estimate of drug-likeness (QED) is 0.173. The summed E-state index contributed by atoms with van der Waals surface area (Å²) >= 11 is 1.93. The summed E-state index contributed by atoms with van der Waals surface area (Å²) in [5.74, 6) is 7.85. The van der Waals surface area contributed by atoms with Crippen molar-refractivity contribution in [1.82, 2.24) is 9.91 Å². The van der Waals surface area contributed by atoms with Crippen LogP contribution < -0.4 is 5.84 Å². The Morgan fingerprint density at radius 2 is 1.13 bits per heavy atom. The van der Waals surface area contributed by atoms with Crippen LogP contribution >= 0.6 is 11.8 Å². The number of aliphatic hydroxyl groups excluding tert-OH is 1. The first-order valence-electron chi connectivity index (χ1n) is 13.2. The van der Waals surface area contributed by atoms with Gasteiger partial charge in [0, 0.05) is 38.5 Å². The Kier molecular flexibility index (Phi) is 19.8. The summed E-state index contributed by atoms with van der Waals surface area (Å²) in [6.45, 7) is 6.90. The molecule has 1 heterocycles. The number of hydrogen-bond acceptors (Lipinski definition) is 5. The SMILES string of the molecule is CCCCCCCCCCCCCCCCCCSCC(O)CN1CCN(N)CC1. The van der Waals surface area contributed by atoms with Gasteiger partial charge in [-0.15, -0.1) is 0 Å². The molecule has 1 rings (SSSR count). The molecule has 1 unspecified atom stereocenters. The number of nitrogens with zero attached hydrogens (tertiary/aromatic N) is 2. The number of β-amino-alcohol motifs (C(OH)–C–C–N with tert-alkyl or cyclic N) is 1. The Labute approximate surface area is 192 Å². The zero-order valence-corrected chi connectivity index (χ0v) is 21.0. The van der Waals surface area contributed by atoms with Crippen LogP contribution in [0.5, 0.6) is 0 Å². The predicted octanol–water partition coefficient (Wildman–Crippen LogP) is 5.83. The van der Waals surface area contributed by atoms with Crippen molar-refractivity contribution in [2.45, 2.75) is 116 Å². The van der Waals surface area contributed by atoms with E-state index >= 15 is 0 Å². The number of hydrazine groups is 1. The highest BCUT2D eigenvalue weighted by atomic mass is 32.2. The number of nitrogens with two attached hydrogens (primary N) is 1. The molecule has 4 nitrogen and oxygen atoms in total. The van der Waals surface area contributed by atoms with Crippen LogP contribution in [0.15, 0.2) is 0 Å². The van der Waals surface area contributed by atoms with Crippen LogP contribution in [0.25, 0.3) is 0 Å². The fourth-order valence-electron chi connectivity index (χ4n) is 4.27. The highest BCUT2D eigenvalue weighted by molar-refractivity contribution is 7.99. The lowest BCUT2D eigenvalue weighted by Crippen LogP contribution is -2.51. The third kappa shape index (κ3) is 17.8. The molecular weight excluding hydrogens is 390 g/mol. The Morgan fingerprint density at radius 3 is 1.60 bits per heavy atom. The molecule has 0 aromatic rings. The van der Waals surface area contributed by atoms with Gasteiger partial charge in [-0.3, -0.25) is 10.7 Å². The molecule has 1 aliphatic rings. The van der Waals surface area contributed by atoms with Crippen molar-refractivity contribution in [3.05, 3.63) is 0 Å². The number of hydrogen-bond donors (Lipinski definition) is 2. The van der Waals surface area contributed by atoms with Crippen molar-refractivity contribution in [2.75, 3.05) is 44.2 Å². The van der Waals surface area contributed by atoms with E-state index < -0.39 is 0 Å². The smallest absolute Gasteiger partial charge is 0.0757 e. The van der Waals surface area contributed by atoms with Gasteiger partial charge in [0.25, 0.3) is 0 Å². The Morgan fingerprint density at radius 1 is 0.700 bits per heavy atom. The summed E-state index contributed by atoms with van der Waals surface area (Å²) in [4.78, 5) is 2.34. The summed E-state index contributed by atoms with van der Waals surface area (Å²) in [6.07, 6.45) is 22.6. The lowest BCUT2D eigenvalue weighted by Gasteiger charge is -2.33. The lowest BCUT2D eigenvalue weighted by atomic mass is 10.0. The summed E-state index contributed by atoms with van der Waals surface area (Å²) in [5, 5.41) is 12.1. The predicted molar refractivity (Wildman–Crippen MR) is 135 cm³/mol. The molecule has 5 heteroatoms. The minimum absolute atomic E-state index is 0.194. The van der Waals surface area contributed by atoms with Gasteiger partial charge in [0.1, 0.15) is 0 Å². The molecule has 1 saturated heterocycles. The average molecular weight is 444 g/mol. The second kappa shape index (κ2) is 21.1. The van der Waals surface area contributed by atoms with Crippen molar-refractivity contribution >= 4 is 11.8 Å². The fraction of sp³-hybridized carbons (Fsp3) is 1.00. The first kappa shape index (κ1) is 28.2. The van der Waals surface area contributed by atoms with Gasteiger partial charge in [-0.25, -0.2) is 5.01 Å². The van der Waals surface area contributed by atoms with Crippen molar-refractivity contribution in [3.8, 4) is 0 Å². The van der Waals surface area contributed by atoms with E-state index in [1.54, 1.807) is 0 Å². The highest BCUT2D eigenvalue weighted by Gasteiger charge is 2.17. The molecule has 0 bridgehead atoms. The molecule has 3 N–H and O–H groups in total. The minimum Gasteiger partial charge on any atom is -0.391 e. The van der Waals surface area contributed by atoms with Crippen LogP contribution in [0.3, 0.4) is 0 Å². The van der Waals surface area contributed by atoms with Crippen molar-refractivity contribution in [1.29, 1.82) is 0 Å². The number of aliphatic hydroxyl groups is 1. The van der Waals surface area contributed by atoms with Crippen LogP contribution in [-0.2, 0) is 0 Å². The maximum Gasteiger partial charge on any atom is 0.0757 e. The van der Waals surface area contributed by atoms with E-state index in [2.05, 4.69) is 11.8 Å². The summed E-state index contributed by atoms with van der Waals surface area (Å²) in [7, 11) is 0. The zero-order chi connectivity index (χ0) is 21.7. The topological polar surface area (TPSA) is 52.7 Å². The summed E-state index contributed by atoms with van der Waals surface area (Å²) < 4.78 is 0. The second-order valence-corrected chi connectivity index (χ2v) is 10.5. The van der Waals surface area contributed by atoms with Crippen LogP contribution in [0.1, 0.15) is 110 Å². The van der Waals surface area contributed by atoms with Gasteiger partial charge in [-0.05, 0) is 12.2 Å². The molecule has 0 radical (unpaired) electrons. The van der Waals surface area contributed by atoms with Gasteiger partial charge in [0.15, 0.2) is 0 Å². The van der Waals surface area contributed by atoms with E-state index in [9.17, 15) is 5.11 Å². The second-order valence-electron chi connectivity index (χ2n) is 9.37. The van der Waals surface area contributed by atoms with Gasteiger partial charge in [0.05, 0.1) is 6.10 Å². The molecule has 0 aliphatic carbocycles. The molecule has 180 valence electrons. The van der Waals surface area contributed by atoms with E-state index in [0.29, 0.717) is 0 Å². The van der Waals surface area contributed by atoms with E-state index in [4.69, 9.17) is 5.84 Å². The molecule has 1 aliphatic heterocycles. The fourth-order valence-corrected chi connectivity index (χ4v) is 5.22. The molecule has 30 heavy (non-hydrogen) atoms. The van der Waals surface area contributed by atoms with Crippen LogP contribution in [0.4, 0.5) is 0 Å². The Bertz CT molecular complexity index is 351. The third-order valence-corrected chi connectivity index (χ3v) is 7.53. The molecule has 1 atom stereocenters. The van der Waals surface area contributed by atoms with Crippen LogP contribution in [0.2, 0.25) is 0 Å². The molecule has 0 saturated carbocycles. The molecule has 0 amide bonds.